The number of fused-ring (bicyclic) bond motifs is 1. The molecule has 1 atom stereocenters. The van der Waals surface area contributed by atoms with E-state index in [0.717, 1.165) is 10.7 Å². The Morgan fingerprint density at radius 1 is 1.25 bits per heavy atom. The number of carbonyl (C=O) groups excluding carboxylic acids is 2. The van der Waals surface area contributed by atoms with Crippen molar-refractivity contribution in [1.29, 1.82) is 0 Å². The fourth-order valence-electron chi connectivity index (χ4n) is 3.79. The van der Waals surface area contributed by atoms with Gasteiger partial charge in [0, 0.05) is 31.4 Å². The van der Waals surface area contributed by atoms with Crippen LogP contribution in [0, 0.1) is 0 Å². The second kappa shape index (κ2) is 10.8. The van der Waals surface area contributed by atoms with Crippen molar-refractivity contribution < 1.29 is 32.2 Å². The minimum atomic E-state index is -3.48. The zero-order valence-electron chi connectivity index (χ0n) is 19.1. The SMILES string of the molecule is COc1ccc(NC(=O)Cn2cc(C(=O)NC(F)C(F)F)c(=O)n3nc(C4CCOCC4)cc23)nc1. The van der Waals surface area contributed by atoms with Crippen LogP contribution in [0.3, 0.4) is 0 Å². The predicted octanol–water partition coefficient (Wildman–Crippen LogP) is 1.72. The molecule has 192 valence electrons. The largest absolute Gasteiger partial charge is 0.495 e. The van der Waals surface area contributed by atoms with Crippen molar-refractivity contribution in [1.82, 2.24) is 24.5 Å². The summed E-state index contributed by atoms with van der Waals surface area (Å²) < 4.78 is 51.2. The monoisotopic (exact) mass is 508 g/mol. The third-order valence-electron chi connectivity index (χ3n) is 5.64. The summed E-state index contributed by atoms with van der Waals surface area (Å²) in [6.45, 7) is 0.642. The van der Waals surface area contributed by atoms with E-state index in [9.17, 15) is 27.6 Å². The zero-order valence-corrected chi connectivity index (χ0v) is 19.1. The third kappa shape index (κ3) is 5.48. The maximum absolute atomic E-state index is 13.5. The summed E-state index contributed by atoms with van der Waals surface area (Å²) in [6.07, 6.45) is -2.71. The maximum atomic E-state index is 13.5. The van der Waals surface area contributed by atoms with Crippen molar-refractivity contribution in [2.75, 3.05) is 25.6 Å². The lowest BCUT2D eigenvalue weighted by atomic mass is 9.97. The molecule has 1 saturated heterocycles. The molecule has 3 aromatic rings. The highest BCUT2D eigenvalue weighted by Gasteiger charge is 2.26. The molecular formula is C22H23F3N6O5. The topological polar surface area (TPSA) is 129 Å². The van der Waals surface area contributed by atoms with E-state index in [2.05, 4.69) is 15.4 Å². The number of halogens is 3. The maximum Gasteiger partial charge on any atom is 0.287 e. The summed E-state index contributed by atoms with van der Waals surface area (Å²) in [4.78, 5) is 42.2. The van der Waals surface area contributed by atoms with Gasteiger partial charge in [0.1, 0.15) is 29.3 Å². The Morgan fingerprint density at radius 3 is 2.64 bits per heavy atom. The summed E-state index contributed by atoms with van der Waals surface area (Å²) in [5.41, 5.74) is -0.838. The molecule has 0 spiro atoms. The lowest BCUT2D eigenvalue weighted by molar-refractivity contribution is -0.116. The minimum absolute atomic E-state index is 0.0184. The average Bonchev–Trinajstić information content (AvgIpc) is 3.33. The van der Waals surface area contributed by atoms with Gasteiger partial charge in [-0.2, -0.15) is 9.61 Å². The van der Waals surface area contributed by atoms with E-state index in [1.165, 1.54) is 29.3 Å². The van der Waals surface area contributed by atoms with Gasteiger partial charge in [-0.15, -0.1) is 0 Å². The molecule has 1 aliphatic heterocycles. The highest BCUT2D eigenvalue weighted by atomic mass is 19.3. The van der Waals surface area contributed by atoms with Gasteiger partial charge in [-0.25, -0.2) is 18.2 Å². The van der Waals surface area contributed by atoms with Crippen molar-refractivity contribution in [3.05, 3.63) is 52.2 Å². The van der Waals surface area contributed by atoms with Gasteiger partial charge in [-0.1, -0.05) is 0 Å². The normalized spacial score (nSPS) is 15.1. The molecule has 11 nitrogen and oxygen atoms in total. The second-order valence-electron chi connectivity index (χ2n) is 8.04. The van der Waals surface area contributed by atoms with E-state index in [-0.39, 0.29) is 23.9 Å². The quantitative estimate of drug-likeness (QED) is 0.444. The number of carbonyl (C=O) groups is 2. The molecule has 1 unspecified atom stereocenters. The molecule has 4 heterocycles. The first kappa shape index (κ1) is 25.2. The highest BCUT2D eigenvalue weighted by Crippen LogP contribution is 2.26. The third-order valence-corrected chi connectivity index (χ3v) is 5.64. The van der Waals surface area contributed by atoms with Gasteiger partial charge < -0.3 is 24.7 Å². The fraction of sp³-hybridized carbons (Fsp3) is 0.409. The van der Waals surface area contributed by atoms with Crippen molar-refractivity contribution in [3.63, 3.8) is 0 Å². The van der Waals surface area contributed by atoms with Gasteiger partial charge in [0.2, 0.25) is 12.2 Å². The van der Waals surface area contributed by atoms with Crippen LogP contribution >= 0.6 is 0 Å². The van der Waals surface area contributed by atoms with E-state index in [4.69, 9.17) is 9.47 Å². The molecule has 0 saturated carbocycles. The van der Waals surface area contributed by atoms with Crippen molar-refractivity contribution >= 4 is 23.3 Å². The Labute approximate surface area is 202 Å². The molecule has 36 heavy (non-hydrogen) atoms. The molecule has 0 aromatic carbocycles. The lowest BCUT2D eigenvalue weighted by Gasteiger charge is -2.19. The Kier molecular flexibility index (Phi) is 7.52. The van der Waals surface area contributed by atoms with Gasteiger partial charge >= 0.3 is 0 Å². The van der Waals surface area contributed by atoms with Gasteiger partial charge in [0.25, 0.3) is 17.9 Å². The number of nitrogens with zero attached hydrogens (tertiary/aromatic N) is 4. The molecule has 14 heteroatoms. The molecule has 4 rings (SSSR count). The standard InChI is InChI=1S/C22H23F3N6O5/c1-35-13-2-3-16(26-9-13)27-17(32)11-30-10-14(21(33)28-20(25)19(23)24)22(34)31-18(30)8-15(29-31)12-4-6-36-7-5-12/h2-3,8-10,12,19-20H,4-7,11H2,1H3,(H,28,33)(H,26,27,32). The predicted molar refractivity (Wildman–Crippen MR) is 120 cm³/mol. The summed E-state index contributed by atoms with van der Waals surface area (Å²) >= 11 is 0. The minimum Gasteiger partial charge on any atom is -0.495 e. The van der Waals surface area contributed by atoms with Crippen LogP contribution in [0.2, 0.25) is 0 Å². The first-order valence-electron chi connectivity index (χ1n) is 11.0. The van der Waals surface area contributed by atoms with Crippen LogP contribution in [-0.2, 0) is 16.1 Å². The summed E-state index contributed by atoms with van der Waals surface area (Å²) in [6, 6.07) is 4.73. The Balaban J connectivity index is 1.68. The van der Waals surface area contributed by atoms with Crippen molar-refractivity contribution in [2.45, 2.75) is 38.0 Å². The number of rotatable bonds is 8. The molecule has 3 aromatic heterocycles. The molecule has 1 fully saturated rings. The average molecular weight is 508 g/mol. The smallest absolute Gasteiger partial charge is 0.287 e. The molecule has 0 bridgehead atoms. The second-order valence-corrected chi connectivity index (χ2v) is 8.04. The molecule has 0 aliphatic carbocycles. The van der Waals surface area contributed by atoms with E-state index >= 15 is 0 Å². The fourth-order valence-corrected chi connectivity index (χ4v) is 3.79. The number of methoxy groups -OCH3 is 1. The number of nitrogens with one attached hydrogen (secondary N) is 2. The molecule has 1 aliphatic rings. The number of hydrogen-bond acceptors (Lipinski definition) is 7. The number of anilines is 1. The Bertz CT molecular complexity index is 1300. The molecule has 2 N–H and O–H groups in total. The van der Waals surface area contributed by atoms with E-state index in [1.807, 2.05) is 0 Å². The van der Waals surface area contributed by atoms with Crippen LogP contribution in [0.15, 0.2) is 35.4 Å². The number of pyridine rings is 1. The molecular weight excluding hydrogens is 485 g/mol. The number of hydrogen-bond donors (Lipinski definition) is 2. The number of aromatic nitrogens is 4. The van der Waals surface area contributed by atoms with E-state index in [1.54, 1.807) is 12.1 Å². The number of amides is 2. The number of alkyl halides is 3. The zero-order chi connectivity index (χ0) is 25.8. The summed E-state index contributed by atoms with van der Waals surface area (Å²) in [7, 11) is 1.47. The lowest BCUT2D eigenvalue weighted by Crippen LogP contribution is -2.40. The van der Waals surface area contributed by atoms with Gasteiger partial charge in [0.15, 0.2) is 0 Å². The van der Waals surface area contributed by atoms with Crippen LogP contribution in [0.25, 0.3) is 5.65 Å². The summed E-state index contributed by atoms with van der Waals surface area (Å²) in [5.74, 6) is -1.22. The van der Waals surface area contributed by atoms with Crippen molar-refractivity contribution in [2.24, 2.45) is 0 Å². The van der Waals surface area contributed by atoms with Gasteiger partial charge in [0.05, 0.1) is 19.0 Å². The van der Waals surface area contributed by atoms with Crippen molar-refractivity contribution in [3.8, 4) is 5.75 Å². The van der Waals surface area contributed by atoms with Gasteiger partial charge in [-0.05, 0) is 25.0 Å². The first-order valence-corrected chi connectivity index (χ1v) is 11.0. The highest BCUT2D eigenvalue weighted by molar-refractivity contribution is 5.94. The van der Waals surface area contributed by atoms with Crippen LogP contribution in [0.4, 0.5) is 19.0 Å². The van der Waals surface area contributed by atoms with E-state index in [0.29, 0.717) is 37.5 Å². The molecule has 0 radical (unpaired) electrons. The van der Waals surface area contributed by atoms with Crippen LogP contribution in [0.1, 0.15) is 34.8 Å². The Morgan fingerprint density at radius 2 is 2.00 bits per heavy atom. The van der Waals surface area contributed by atoms with Crippen LogP contribution < -0.4 is 20.9 Å². The van der Waals surface area contributed by atoms with Gasteiger partial charge in [-0.3, -0.25) is 14.4 Å². The van der Waals surface area contributed by atoms with Crippen LogP contribution in [-0.4, -0.2) is 64.0 Å². The number of ether oxygens (including phenoxy) is 2. The van der Waals surface area contributed by atoms with E-state index < -0.39 is 35.7 Å². The summed E-state index contributed by atoms with van der Waals surface area (Å²) in [5, 5.41) is 8.34. The Hall–Kier alpha value is -3.94. The first-order chi connectivity index (χ1) is 17.3. The van der Waals surface area contributed by atoms with Crippen LogP contribution in [0.5, 0.6) is 5.75 Å². The molecule has 2 amide bonds.